The third-order valence-corrected chi connectivity index (χ3v) is 3.80. The van der Waals surface area contributed by atoms with E-state index in [0.29, 0.717) is 19.4 Å². The lowest BCUT2D eigenvalue weighted by Gasteiger charge is -2.21. The van der Waals surface area contributed by atoms with Gasteiger partial charge in [-0.1, -0.05) is 0 Å². The van der Waals surface area contributed by atoms with Crippen LogP contribution in [0.1, 0.15) is 18.4 Å². The van der Waals surface area contributed by atoms with Crippen LogP contribution in [-0.2, 0) is 11.3 Å². The molecule has 8 nitrogen and oxygen atoms in total. The fourth-order valence-corrected chi connectivity index (χ4v) is 2.75. The number of nitro benzene ring substituents is 1. The minimum Gasteiger partial charge on any atom is -0.493 e. The number of hydrogen-bond donors (Lipinski definition) is 1. The van der Waals surface area contributed by atoms with E-state index in [1.165, 1.54) is 13.2 Å². The number of aliphatic carboxylic acids is 1. The Hall–Kier alpha value is -2.49. The highest BCUT2D eigenvalue weighted by atomic mass is 19.3. The quantitative estimate of drug-likeness (QED) is 0.597. The number of nitro groups is 1. The van der Waals surface area contributed by atoms with Crippen LogP contribution < -0.4 is 9.47 Å². The van der Waals surface area contributed by atoms with E-state index in [1.54, 1.807) is 4.90 Å². The normalized spacial score (nSPS) is 17.9. The number of rotatable bonds is 7. The molecule has 1 unspecified atom stereocenters. The predicted octanol–water partition coefficient (Wildman–Crippen LogP) is 2.25. The van der Waals surface area contributed by atoms with Crippen LogP contribution in [0.25, 0.3) is 0 Å². The van der Waals surface area contributed by atoms with E-state index >= 15 is 0 Å². The second-order valence-corrected chi connectivity index (χ2v) is 5.23. The van der Waals surface area contributed by atoms with E-state index in [-0.39, 0.29) is 17.9 Å². The molecule has 1 saturated heterocycles. The van der Waals surface area contributed by atoms with Gasteiger partial charge in [0.25, 0.3) is 5.69 Å². The summed E-state index contributed by atoms with van der Waals surface area (Å²) in [5, 5.41) is 20.4. The molecular formula is C14H16F2N2O6. The molecule has 0 aliphatic carbocycles. The molecule has 1 N–H and O–H groups in total. The van der Waals surface area contributed by atoms with E-state index in [1.807, 2.05) is 0 Å². The van der Waals surface area contributed by atoms with Crippen LogP contribution >= 0.6 is 0 Å². The van der Waals surface area contributed by atoms with Crippen molar-refractivity contribution in [1.29, 1.82) is 0 Å². The minimum atomic E-state index is -3.15. The molecule has 0 amide bonds. The van der Waals surface area contributed by atoms with E-state index in [9.17, 15) is 28.8 Å². The molecule has 0 spiro atoms. The Morgan fingerprint density at radius 2 is 2.21 bits per heavy atom. The molecule has 10 heteroatoms. The van der Waals surface area contributed by atoms with Gasteiger partial charge in [0.1, 0.15) is 6.04 Å². The van der Waals surface area contributed by atoms with E-state index in [2.05, 4.69) is 4.74 Å². The summed E-state index contributed by atoms with van der Waals surface area (Å²) in [4.78, 5) is 23.3. The average Bonchev–Trinajstić information content (AvgIpc) is 2.95. The molecule has 1 aromatic rings. The summed E-state index contributed by atoms with van der Waals surface area (Å²) < 4.78 is 34.0. The maximum Gasteiger partial charge on any atom is 0.387 e. The van der Waals surface area contributed by atoms with Gasteiger partial charge in [0.15, 0.2) is 11.5 Å². The van der Waals surface area contributed by atoms with Gasteiger partial charge in [0.2, 0.25) is 0 Å². The first-order chi connectivity index (χ1) is 11.3. The summed E-state index contributed by atoms with van der Waals surface area (Å²) >= 11 is 0. The highest BCUT2D eigenvalue weighted by Crippen LogP contribution is 2.37. The summed E-state index contributed by atoms with van der Waals surface area (Å²) in [7, 11) is 1.22. The number of methoxy groups -OCH3 is 1. The second kappa shape index (κ2) is 7.39. The number of halogens is 2. The van der Waals surface area contributed by atoms with Crippen LogP contribution in [0.15, 0.2) is 12.1 Å². The number of ether oxygens (including phenoxy) is 2. The number of carbonyl (C=O) groups is 1. The average molecular weight is 346 g/mol. The number of carboxylic acids is 1. The summed E-state index contributed by atoms with van der Waals surface area (Å²) in [5.74, 6) is -1.53. The Morgan fingerprint density at radius 1 is 1.50 bits per heavy atom. The van der Waals surface area contributed by atoms with Gasteiger partial charge in [-0.3, -0.25) is 19.8 Å². The molecule has 0 radical (unpaired) electrons. The second-order valence-electron chi connectivity index (χ2n) is 5.23. The third-order valence-electron chi connectivity index (χ3n) is 3.80. The van der Waals surface area contributed by atoms with Crippen molar-refractivity contribution in [2.24, 2.45) is 0 Å². The number of likely N-dealkylation sites (tertiary alicyclic amines) is 1. The van der Waals surface area contributed by atoms with Gasteiger partial charge in [-0.15, -0.1) is 0 Å². The molecule has 1 heterocycles. The van der Waals surface area contributed by atoms with Crippen molar-refractivity contribution in [2.45, 2.75) is 32.0 Å². The lowest BCUT2D eigenvalue weighted by atomic mass is 10.1. The molecule has 1 atom stereocenters. The zero-order valence-corrected chi connectivity index (χ0v) is 12.8. The van der Waals surface area contributed by atoms with Gasteiger partial charge in [0.05, 0.1) is 18.1 Å². The number of hydrogen-bond acceptors (Lipinski definition) is 6. The smallest absolute Gasteiger partial charge is 0.387 e. The van der Waals surface area contributed by atoms with Gasteiger partial charge in [-0.25, -0.2) is 0 Å². The van der Waals surface area contributed by atoms with Crippen LogP contribution in [0.2, 0.25) is 0 Å². The highest BCUT2D eigenvalue weighted by Gasteiger charge is 2.32. The number of alkyl halides is 2. The minimum absolute atomic E-state index is 0.00139. The summed E-state index contributed by atoms with van der Waals surface area (Å²) in [6.07, 6.45) is 1.11. The van der Waals surface area contributed by atoms with Crippen molar-refractivity contribution < 1.29 is 33.1 Å². The van der Waals surface area contributed by atoms with Crippen LogP contribution in [-0.4, -0.2) is 47.2 Å². The fourth-order valence-electron chi connectivity index (χ4n) is 2.75. The largest absolute Gasteiger partial charge is 0.493 e. The van der Waals surface area contributed by atoms with E-state index in [0.717, 1.165) is 6.07 Å². The van der Waals surface area contributed by atoms with Gasteiger partial charge in [0, 0.05) is 12.1 Å². The number of carboxylic acid groups (broad SMARTS) is 1. The maximum atomic E-state index is 12.4. The zero-order chi connectivity index (χ0) is 17.9. The topological polar surface area (TPSA) is 102 Å². The van der Waals surface area contributed by atoms with E-state index < -0.39 is 35.0 Å². The lowest BCUT2D eigenvalue weighted by Crippen LogP contribution is -2.35. The molecule has 24 heavy (non-hydrogen) atoms. The SMILES string of the molecule is COc1cc(CN2CCCC2C(=O)O)c([N+](=O)[O-])cc1OC(F)F. The number of benzene rings is 1. The van der Waals surface area contributed by atoms with Crippen molar-refractivity contribution >= 4 is 11.7 Å². The van der Waals surface area contributed by atoms with Crippen LogP contribution in [0.4, 0.5) is 14.5 Å². The monoisotopic (exact) mass is 346 g/mol. The Morgan fingerprint density at radius 3 is 2.75 bits per heavy atom. The van der Waals surface area contributed by atoms with Crippen LogP contribution in [0, 0.1) is 10.1 Å². The Labute approximate surface area is 135 Å². The van der Waals surface area contributed by atoms with Crippen LogP contribution in [0.3, 0.4) is 0 Å². The predicted molar refractivity (Wildman–Crippen MR) is 77.3 cm³/mol. The fraction of sp³-hybridized carbons (Fsp3) is 0.500. The number of nitrogens with zero attached hydrogens (tertiary/aromatic N) is 2. The first-order valence-electron chi connectivity index (χ1n) is 7.10. The van der Waals surface area contributed by atoms with Crippen molar-refractivity contribution in [1.82, 2.24) is 4.90 Å². The Kier molecular flexibility index (Phi) is 5.50. The molecular weight excluding hydrogens is 330 g/mol. The molecule has 2 rings (SSSR count). The van der Waals surface area contributed by atoms with Crippen molar-refractivity contribution in [3.05, 3.63) is 27.8 Å². The third kappa shape index (κ3) is 3.88. The van der Waals surface area contributed by atoms with Crippen molar-refractivity contribution in [2.75, 3.05) is 13.7 Å². The molecule has 1 fully saturated rings. The van der Waals surface area contributed by atoms with Gasteiger partial charge in [-0.2, -0.15) is 8.78 Å². The highest BCUT2D eigenvalue weighted by molar-refractivity contribution is 5.73. The maximum absolute atomic E-state index is 12.4. The summed E-state index contributed by atoms with van der Waals surface area (Å²) in [6.45, 7) is -2.68. The molecule has 1 aromatic carbocycles. The first-order valence-corrected chi connectivity index (χ1v) is 7.10. The summed E-state index contributed by atoms with van der Waals surface area (Å²) in [6, 6.07) is 1.37. The molecule has 0 aromatic heterocycles. The van der Waals surface area contributed by atoms with Crippen molar-refractivity contribution in [3.63, 3.8) is 0 Å². The Bertz CT molecular complexity index is 640. The summed E-state index contributed by atoms with van der Waals surface area (Å²) in [5.41, 5.74) is -0.255. The van der Waals surface area contributed by atoms with Gasteiger partial charge < -0.3 is 14.6 Å². The zero-order valence-electron chi connectivity index (χ0n) is 12.8. The Balaban J connectivity index is 2.37. The molecule has 132 valence electrons. The van der Waals surface area contributed by atoms with Gasteiger partial charge >= 0.3 is 12.6 Å². The lowest BCUT2D eigenvalue weighted by molar-refractivity contribution is -0.385. The first kappa shape index (κ1) is 17.9. The molecule has 1 aliphatic heterocycles. The van der Waals surface area contributed by atoms with Gasteiger partial charge in [-0.05, 0) is 25.5 Å². The van der Waals surface area contributed by atoms with Crippen LogP contribution in [0.5, 0.6) is 11.5 Å². The van der Waals surface area contributed by atoms with E-state index in [4.69, 9.17) is 4.74 Å². The van der Waals surface area contributed by atoms with Crippen molar-refractivity contribution in [3.8, 4) is 11.5 Å². The molecule has 0 saturated carbocycles. The standard InChI is InChI=1S/C14H16F2N2O6/c1-23-11-5-8(7-17-4-2-3-9(17)13(19)20)10(18(21)22)6-12(11)24-14(15)16/h5-6,9,14H,2-4,7H2,1H3,(H,19,20). The molecule has 1 aliphatic rings. The molecule has 0 bridgehead atoms.